The molecule has 0 amide bonds. The Labute approximate surface area is 128 Å². The molecular weight excluding hydrogens is 337 g/mol. The topological polar surface area (TPSA) is 61.0 Å². The van der Waals surface area contributed by atoms with Crippen LogP contribution in [0.4, 0.5) is 10.1 Å². The van der Waals surface area contributed by atoms with Crippen molar-refractivity contribution >= 4 is 32.7 Å². The van der Waals surface area contributed by atoms with Gasteiger partial charge in [0.15, 0.2) is 5.75 Å². The Balaban J connectivity index is 2.05. The quantitative estimate of drug-likeness (QED) is 0.705. The van der Waals surface area contributed by atoms with E-state index < -0.39 is 5.82 Å². The number of ether oxygens (including phenoxy) is 1. The lowest BCUT2D eigenvalue weighted by molar-refractivity contribution is 0.455. The second-order valence-corrected chi connectivity index (χ2v) is 5.36. The molecule has 4 nitrogen and oxygen atoms in total. The minimum Gasteiger partial charge on any atom is -0.435 e. The lowest BCUT2D eigenvalue weighted by Crippen LogP contribution is -1.99. The van der Waals surface area contributed by atoms with E-state index in [1.807, 2.05) is 24.3 Å². The van der Waals surface area contributed by atoms with Crippen LogP contribution < -0.4 is 10.5 Å². The van der Waals surface area contributed by atoms with E-state index in [-0.39, 0.29) is 10.2 Å². The van der Waals surface area contributed by atoms with Crippen molar-refractivity contribution in [3.63, 3.8) is 0 Å². The van der Waals surface area contributed by atoms with E-state index in [0.717, 1.165) is 5.52 Å². The fourth-order valence-corrected chi connectivity index (χ4v) is 2.27. The molecular formula is C15H11BrFN3O. The minimum atomic E-state index is -0.453. The maximum Gasteiger partial charge on any atom is 0.241 e. The Morgan fingerprint density at radius 2 is 1.81 bits per heavy atom. The molecule has 0 saturated carbocycles. The third-order valence-electron chi connectivity index (χ3n) is 2.96. The predicted molar refractivity (Wildman–Crippen MR) is 82.9 cm³/mol. The van der Waals surface area contributed by atoms with Gasteiger partial charge in [-0.3, -0.25) is 0 Å². The molecule has 0 saturated heterocycles. The highest BCUT2D eigenvalue weighted by molar-refractivity contribution is 9.10. The Kier molecular flexibility index (Phi) is 3.47. The summed E-state index contributed by atoms with van der Waals surface area (Å²) >= 11 is 3.07. The van der Waals surface area contributed by atoms with Gasteiger partial charge in [-0.2, -0.15) is 0 Å². The second-order valence-electron chi connectivity index (χ2n) is 4.51. The number of hydrogen-bond acceptors (Lipinski definition) is 4. The van der Waals surface area contributed by atoms with Crippen LogP contribution in [0.1, 0.15) is 5.69 Å². The van der Waals surface area contributed by atoms with E-state index in [9.17, 15) is 4.39 Å². The zero-order valence-electron chi connectivity index (χ0n) is 11.1. The third kappa shape index (κ3) is 2.67. The Hall–Kier alpha value is -2.21. The average Bonchev–Trinajstić information content (AvgIpc) is 2.45. The van der Waals surface area contributed by atoms with Crippen LogP contribution in [0, 0.1) is 12.7 Å². The van der Waals surface area contributed by atoms with Crippen LogP contribution in [0.15, 0.2) is 40.9 Å². The van der Waals surface area contributed by atoms with Gasteiger partial charge in [-0.15, -0.1) is 0 Å². The molecule has 0 atom stereocenters. The maximum absolute atomic E-state index is 13.6. The first-order valence-electron chi connectivity index (χ1n) is 6.20. The number of nitrogens with zero attached hydrogens (tertiary/aromatic N) is 2. The summed E-state index contributed by atoms with van der Waals surface area (Å²) in [6.07, 6.45) is 0. The van der Waals surface area contributed by atoms with Crippen LogP contribution in [0.5, 0.6) is 11.6 Å². The van der Waals surface area contributed by atoms with Crippen molar-refractivity contribution in [2.24, 2.45) is 0 Å². The van der Waals surface area contributed by atoms with Gasteiger partial charge >= 0.3 is 0 Å². The first-order valence-corrected chi connectivity index (χ1v) is 6.99. The number of halogens is 2. The van der Waals surface area contributed by atoms with Crippen molar-refractivity contribution in [1.29, 1.82) is 0 Å². The number of nitrogen functional groups attached to an aromatic ring is 1. The normalized spacial score (nSPS) is 10.8. The number of aromatic nitrogens is 2. The van der Waals surface area contributed by atoms with Crippen molar-refractivity contribution in [3.8, 4) is 11.6 Å². The summed E-state index contributed by atoms with van der Waals surface area (Å²) in [4.78, 5) is 8.80. The van der Waals surface area contributed by atoms with Crippen molar-refractivity contribution in [1.82, 2.24) is 9.97 Å². The molecule has 2 aromatic carbocycles. The molecule has 0 aliphatic heterocycles. The van der Waals surface area contributed by atoms with Gasteiger partial charge in [-0.1, -0.05) is 12.1 Å². The number of nitrogens with two attached hydrogens (primary N) is 1. The zero-order valence-corrected chi connectivity index (χ0v) is 12.7. The molecule has 3 rings (SSSR count). The molecule has 21 heavy (non-hydrogen) atoms. The van der Waals surface area contributed by atoms with E-state index in [2.05, 4.69) is 25.9 Å². The fourth-order valence-electron chi connectivity index (χ4n) is 1.91. The molecule has 0 aliphatic rings. The van der Waals surface area contributed by atoms with Gasteiger partial charge in [0.05, 0.1) is 21.2 Å². The van der Waals surface area contributed by atoms with Crippen LogP contribution >= 0.6 is 15.9 Å². The summed E-state index contributed by atoms with van der Waals surface area (Å²) in [5.41, 5.74) is 8.23. The Morgan fingerprint density at radius 1 is 1.14 bits per heavy atom. The number of anilines is 1. The van der Waals surface area contributed by atoms with Gasteiger partial charge in [0, 0.05) is 6.07 Å². The summed E-state index contributed by atoms with van der Waals surface area (Å²) in [5, 5.41) is 0. The minimum absolute atomic E-state index is 0.211. The zero-order chi connectivity index (χ0) is 15.0. The first-order chi connectivity index (χ1) is 10.0. The summed E-state index contributed by atoms with van der Waals surface area (Å²) in [7, 11) is 0. The van der Waals surface area contributed by atoms with E-state index in [1.54, 1.807) is 6.92 Å². The number of para-hydroxylation sites is 2. The van der Waals surface area contributed by atoms with Crippen molar-refractivity contribution in [2.45, 2.75) is 6.92 Å². The van der Waals surface area contributed by atoms with E-state index in [0.29, 0.717) is 22.8 Å². The van der Waals surface area contributed by atoms with Gasteiger partial charge in [-0.05, 0) is 41.1 Å². The highest BCUT2D eigenvalue weighted by atomic mass is 79.9. The van der Waals surface area contributed by atoms with Crippen LogP contribution in [0.2, 0.25) is 0 Å². The van der Waals surface area contributed by atoms with Gasteiger partial charge in [-0.25, -0.2) is 14.4 Å². The Morgan fingerprint density at radius 3 is 2.52 bits per heavy atom. The molecule has 0 spiro atoms. The summed E-state index contributed by atoms with van der Waals surface area (Å²) < 4.78 is 19.5. The predicted octanol–water partition coefficient (Wildman–Crippen LogP) is 4.21. The van der Waals surface area contributed by atoms with Crippen LogP contribution in [-0.2, 0) is 0 Å². The molecule has 6 heteroatoms. The Bertz CT molecular complexity index is 839. The van der Waals surface area contributed by atoms with Crippen molar-refractivity contribution in [2.75, 3.05) is 5.73 Å². The standard InChI is InChI=1S/C15H11BrFN3O/c1-8-15(20-13-5-3-2-4-12(13)19-8)21-14-7-10(17)9(16)6-11(14)18/h2-7H,18H2,1H3. The highest BCUT2D eigenvalue weighted by Gasteiger charge is 2.12. The molecule has 0 bridgehead atoms. The molecule has 1 aromatic heterocycles. The summed E-state index contributed by atoms with van der Waals surface area (Å²) in [6, 6.07) is 10.1. The van der Waals surface area contributed by atoms with Crippen LogP contribution in [0.25, 0.3) is 11.0 Å². The largest absolute Gasteiger partial charge is 0.435 e. The van der Waals surface area contributed by atoms with Gasteiger partial charge in [0.1, 0.15) is 11.5 Å². The molecule has 0 unspecified atom stereocenters. The maximum atomic E-state index is 13.6. The number of fused-ring (bicyclic) bond motifs is 1. The molecule has 3 aromatic rings. The second kappa shape index (κ2) is 5.29. The van der Waals surface area contributed by atoms with Gasteiger partial charge in [0.25, 0.3) is 0 Å². The van der Waals surface area contributed by atoms with E-state index in [4.69, 9.17) is 10.5 Å². The number of aryl methyl sites for hydroxylation is 1. The summed E-state index contributed by atoms with van der Waals surface area (Å²) in [6.45, 7) is 1.78. The van der Waals surface area contributed by atoms with Crippen LogP contribution in [0.3, 0.4) is 0 Å². The molecule has 0 radical (unpaired) electrons. The average molecular weight is 348 g/mol. The van der Waals surface area contributed by atoms with Crippen molar-refractivity contribution in [3.05, 3.63) is 52.4 Å². The van der Waals surface area contributed by atoms with Gasteiger partial charge in [0.2, 0.25) is 5.88 Å². The SMILES string of the molecule is Cc1nc2ccccc2nc1Oc1cc(F)c(Br)cc1N. The number of rotatable bonds is 2. The van der Waals surface area contributed by atoms with E-state index in [1.165, 1.54) is 12.1 Å². The summed E-state index contributed by atoms with van der Waals surface area (Å²) in [5.74, 6) is 0.0658. The lowest BCUT2D eigenvalue weighted by Gasteiger charge is -2.11. The smallest absolute Gasteiger partial charge is 0.241 e. The monoisotopic (exact) mass is 347 g/mol. The lowest BCUT2D eigenvalue weighted by atomic mass is 10.3. The molecule has 1 heterocycles. The first kappa shape index (κ1) is 13.8. The molecule has 0 fully saturated rings. The number of hydrogen-bond donors (Lipinski definition) is 1. The van der Waals surface area contributed by atoms with E-state index >= 15 is 0 Å². The van der Waals surface area contributed by atoms with Crippen molar-refractivity contribution < 1.29 is 9.13 Å². The highest BCUT2D eigenvalue weighted by Crippen LogP contribution is 2.32. The third-order valence-corrected chi connectivity index (χ3v) is 3.57. The number of benzene rings is 2. The van der Waals surface area contributed by atoms with Gasteiger partial charge < -0.3 is 10.5 Å². The molecule has 0 aliphatic carbocycles. The van der Waals surface area contributed by atoms with Crippen LogP contribution in [-0.4, -0.2) is 9.97 Å². The molecule has 106 valence electrons. The molecule has 2 N–H and O–H groups in total. The fraction of sp³-hybridized carbons (Fsp3) is 0.0667.